The Bertz CT molecular complexity index is 277. The van der Waals surface area contributed by atoms with Crippen molar-refractivity contribution in [1.29, 1.82) is 0 Å². The van der Waals surface area contributed by atoms with Crippen LogP contribution >= 0.6 is 0 Å². The summed E-state index contributed by atoms with van der Waals surface area (Å²) in [6.45, 7) is 13.4. The van der Waals surface area contributed by atoms with E-state index in [1.165, 1.54) is 58.2 Å². The lowest BCUT2D eigenvalue weighted by Crippen LogP contribution is -2.59. The topological polar surface area (TPSA) is 15.3 Å². The second-order valence-electron chi connectivity index (χ2n) is 7.80. The van der Waals surface area contributed by atoms with Gasteiger partial charge in [0.1, 0.15) is 0 Å². The molecule has 2 rings (SSSR count). The van der Waals surface area contributed by atoms with Crippen LogP contribution in [0.15, 0.2) is 0 Å². The smallest absolute Gasteiger partial charge is 0.0244 e. The van der Waals surface area contributed by atoms with Crippen molar-refractivity contribution in [2.75, 3.05) is 19.6 Å². The van der Waals surface area contributed by atoms with Gasteiger partial charge in [0, 0.05) is 31.7 Å². The van der Waals surface area contributed by atoms with Gasteiger partial charge in [-0.15, -0.1) is 0 Å². The van der Waals surface area contributed by atoms with Crippen LogP contribution in [0.25, 0.3) is 0 Å². The van der Waals surface area contributed by atoms with E-state index in [0.29, 0.717) is 0 Å². The SMILES string of the molecule is CCCC1CN(CC2CCCC(C)C2)C(C(C)C)CN1. The lowest BCUT2D eigenvalue weighted by atomic mass is 9.81. The summed E-state index contributed by atoms with van der Waals surface area (Å²) in [6.07, 6.45) is 8.50. The second-order valence-corrected chi connectivity index (χ2v) is 7.80. The minimum absolute atomic E-state index is 0.732. The van der Waals surface area contributed by atoms with Gasteiger partial charge in [-0.3, -0.25) is 4.90 Å². The molecule has 1 saturated heterocycles. The summed E-state index contributed by atoms with van der Waals surface area (Å²) < 4.78 is 0. The average Bonchev–Trinajstić information content (AvgIpc) is 2.39. The molecule has 1 N–H and O–H groups in total. The minimum Gasteiger partial charge on any atom is -0.311 e. The lowest BCUT2D eigenvalue weighted by Gasteiger charge is -2.44. The van der Waals surface area contributed by atoms with Crippen LogP contribution in [0.1, 0.15) is 66.2 Å². The minimum atomic E-state index is 0.732. The number of hydrogen-bond donors (Lipinski definition) is 1. The Balaban J connectivity index is 1.92. The lowest BCUT2D eigenvalue weighted by molar-refractivity contribution is 0.0670. The highest BCUT2D eigenvalue weighted by Crippen LogP contribution is 2.30. The summed E-state index contributed by atoms with van der Waals surface area (Å²) in [5, 5.41) is 3.79. The summed E-state index contributed by atoms with van der Waals surface area (Å²) in [4.78, 5) is 2.84. The summed E-state index contributed by atoms with van der Waals surface area (Å²) in [5.41, 5.74) is 0. The molecule has 1 heterocycles. The molecule has 0 bridgehead atoms. The third-order valence-corrected chi connectivity index (χ3v) is 5.48. The van der Waals surface area contributed by atoms with Gasteiger partial charge in [0.25, 0.3) is 0 Å². The molecule has 0 aromatic carbocycles. The average molecular weight is 280 g/mol. The number of hydrogen-bond acceptors (Lipinski definition) is 2. The Morgan fingerprint density at radius 1 is 1.25 bits per heavy atom. The zero-order valence-electron chi connectivity index (χ0n) is 14.2. The van der Waals surface area contributed by atoms with E-state index in [2.05, 4.69) is 37.9 Å². The normalized spacial score (nSPS) is 36.5. The van der Waals surface area contributed by atoms with Gasteiger partial charge in [0.05, 0.1) is 0 Å². The van der Waals surface area contributed by atoms with Gasteiger partial charge in [0.15, 0.2) is 0 Å². The fourth-order valence-electron chi connectivity index (χ4n) is 4.37. The van der Waals surface area contributed by atoms with Crippen molar-refractivity contribution in [2.45, 2.75) is 78.3 Å². The van der Waals surface area contributed by atoms with Gasteiger partial charge in [-0.25, -0.2) is 0 Å². The van der Waals surface area contributed by atoms with Gasteiger partial charge >= 0.3 is 0 Å². The Labute approximate surface area is 126 Å². The standard InChI is InChI=1S/C18H36N2/c1-5-7-17-13-20(18(11-19-17)14(2)3)12-16-9-6-8-15(4)10-16/h14-19H,5-13H2,1-4H3. The maximum Gasteiger partial charge on any atom is 0.0244 e. The van der Waals surface area contributed by atoms with E-state index in [4.69, 9.17) is 0 Å². The van der Waals surface area contributed by atoms with Gasteiger partial charge in [0.2, 0.25) is 0 Å². The van der Waals surface area contributed by atoms with E-state index in [1.807, 2.05) is 0 Å². The third kappa shape index (κ3) is 4.46. The zero-order valence-corrected chi connectivity index (χ0v) is 14.2. The molecule has 2 heteroatoms. The summed E-state index contributed by atoms with van der Waals surface area (Å²) in [6, 6.07) is 1.48. The van der Waals surface area contributed by atoms with Gasteiger partial charge in [-0.1, -0.05) is 47.0 Å². The molecule has 1 saturated carbocycles. The molecule has 2 aliphatic rings. The second kappa shape index (κ2) is 7.79. The number of rotatable bonds is 5. The highest BCUT2D eigenvalue weighted by molar-refractivity contribution is 4.89. The fraction of sp³-hybridized carbons (Fsp3) is 1.00. The van der Waals surface area contributed by atoms with E-state index in [0.717, 1.165) is 29.8 Å². The van der Waals surface area contributed by atoms with E-state index in [9.17, 15) is 0 Å². The highest BCUT2D eigenvalue weighted by Gasteiger charge is 2.31. The summed E-state index contributed by atoms with van der Waals surface area (Å²) in [7, 11) is 0. The first-order chi connectivity index (χ1) is 9.60. The van der Waals surface area contributed by atoms with Crippen molar-refractivity contribution >= 4 is 0 Å². The molecule has 0 spiro atoms. The number of nitrogens with one attached hydrogen (secondary N) is 1. The first-order valence-electron chi connectivity index (χ1n) is 9.07. The van der Waals surface area contributed by atoms with Crippen LogP contribution in [0.3, 0.4) is 0 Å². The molecule has 0 aromatic heterocycles. The predicted molar refractivity (Wildman–Crippen MR) is 88.0 cm³/mol. The molecule has 0 aromatic rings. The molecule has 2 nitrogen and oxygen atoms in total. The molecular formula is C18H36N2. The number of piperazine rings is 1. The predicted octanol–water partition coefficient (Wildman–Crippen LogP) is 3.91. The van der Waals surface area contributed by atoms with Crippen LogP contribution in [0.4, 0.5) is 0 Å². The first kappa shape index (κ1) is 16.3. The Hall–Kier alpha value is -0.0800. The van der Waals surface area contributed by atoms with Gasteiger partial charge in [-0.05, 0) is 37.0 Å². The molecule has 2 fully saturated rings. The van der Waals surface area contributed by atoms with E-state index < -0.39 is 0 Å². The Kier molecular flexibility index (Phi) is 6.35. The molecule has 1 aliphatic carbocycles. The third-order valence-electron chi connectivity index (χ3n) is 5.48. The Morgan fingerprint density at radius 3 is 2.70 bits per heavy atom. The van der Waals surface area contributed by atoms with E-state index in [1.54, 1.807) is 0 Å². The van der Waals surface area contributed by atoms with Gasteiger partial charge < -0.3 is 5.32 Å². The zero-order chi connectivity index (χ0) is 14.5. The monoisotopic (exact) mass is 280 g/mol. The van der Waals surface area contributed by atoms with Crippen LogP contribution in [0.2, 0.25) is 0 Å². The van der Waals surface area contributed by atoms with Crippen LogP contribution in [-0.2, 0) is 0 Å². The van der Waals surface area contributed by atoms with E-state index in [-0.39, 0.29) is 0 Å². The van der Waals surface area contributed by atoms with Crippen molar-refractivity contribution in [2.24, 2.45) is 17.8 Å². The van der Waals surface area contributed by atoms with Crippen molar-refractivity contribution in [1.82, 2.24) is 10.2 Å². The van der Waals surface area contributed by atoms with Gasteiger partial charge in [-0.2, -0.15) is 0 Å². The van der Waals surface area contributed by atoms with Crippen molar-refractivity contribution in [3.8, 4) is 0 Å². The fourth-order valence-corrected chi connectivity index (χ4v) is 4.37. The molecular weight excluding hydrogens is 244 g/mol. The van der Waals surface area contributed by atoms with E-state index >= 15 is 0 Å². The van der Waals surface area contributed by atoms with Crippen molar-refractivity contribution in [3.05, 3.63) is 0 Å². The molecule has 4 atom stereocenters. The maximum absolute atomic E-state index is 3.79. The molecule has 4 unspecified atom stereocenters. The molecule has 118 valence electrons. The largest absolute Gasteiger partial charge is 0.311 e. The van der Waals surface area contributed by atoms with Crippen LogP contribution in [-0.4, -0.2) is 36.6 Å². The molecule has 20 heavy (non-hydrogen) atoms. The quantitative estimate of drug-likeness (QED) is 0.821. The number of nitrogens with zero attached hydrogens (tertiary/aromatic N) is 1. The van der Waals surface area contributed by atoms with Crippen molar-refractivity contribution < 1.29 is 0 Å². The maximum atomic E-state index is 3.79. The molecule has 1 aliphatic heterocycles. The van der Waals surface area contributed by atoms with Crippen LogP contribution in [0, 0.1) is 17.8 Å². The molecule has 0 radical (unpaired) electrons. The highest BCUT2D eigenvalue weighted by atomic mass is 15.2. The summed E-state index contributed by atoms with van der Waals surface area (Å²) >= 11 is 0. The van der Waals surface area contributed by atoms with Crippen LogP contribution in [0.5, 0.6) is 0 Å². The Morgan fingerprint density at radius 2 is 2.05 bits per heavy atom. The first-order valence-corrected chi connectivity index (χ1v) is 9.07. The molecule has 0 amide bonds. The van der Waals surface area contributed by atoms with Crippen molar-refractivity contribution in [3.63, 3.8) is 0 Å². The summed E-state index contributed by atoms with van der Waals surface area (Å²) in [5.74, 6) is 2.69. The van der Waals surface area contributed by atoms with Crippen LogP contribution < -0.4 is 5.32 Å².